The Morgan fingerprint density at radius 3 is 2.33 bits per heavy atom. The van der Waals surface area contributed by atoms with Crippen molar-refractivity contribution in [2.24, 2.45) is 0 Å². The second-order valence-electron chi connectivity index (χ2n) is 6.50. The van der Waals surface area contributed by atoms with Gasteiger partial charge in [0.25, 0.3) is 5.91 Å². The molecule has 8 nitrogen and oxygen atoms in total. The topological polar surface area (TPSA) is 121 Å². The molecule has 11 heteroatoms. The number of hydrogen-bond donors (Lipinski definition) is 3. The van der Waals surface area contributed by atoms with Crippen LogP contribution in [0.1, 0.15) is 36.2 Å². The average molecular weight is 458 g/mol. The normalized spacial score (nSPS) is 11.9. The van der Waals surface area contributed by atoms with Crippen LogP contribution in [0.15, 0.2) is 41.3 Å². The first kappa shape index (κ1) is 23.8. The zero-order valence-electron chi connectivity index (χ0n) is 16.8. The lowest BCUT2D eigenvalue weighted by Crippen LogP contribution is -2.24. The minimum Gasteiger partial charge on any atom is -0.322 e. The van der Waals surface area contributed by atoms with E-state index in [2.05, 4.69) is 14.8 Å². The third kappa shape index (κ3) is 5.77. The Bertz CT molecular complexity index is 1150. The monoisotopic (exact) mass is 457 g/mol. The van der Waals surface area contributed by atoms with Gasteiger partial charge in [0, 0.05) is 12.2 Å². The standard InChI is InChI=1S/C19H24FN3O5S2/c1-4-11-29(25,26)23-18-8-6-7-17(13(18)3)22-19(24)15-12-14(9-10-16(15)20)30(27,28)21-5-2/h6-10,12,21,23H,4-5,11H2,1-3H3,(H,22,24). The van der Waals surface area contributed by atoms with Gasteiger partial charge < -0.3 is 5.32 Å². The van der Waals surface area contributed by atoms with E-state index in [-0.39, 0.29) is 28.6 Å². The highest BCUT2D eigenvalue weighted by atomic mass is 32.2. The Morgan fingerprint density at radius 1 is 1.03 bits per heavy atom. The quantitative estimate of drug-likeness (QED) is 0.535. The highest BCUT2D eigenvalue weighted by Gasteiger charge is 2.20. The third-order valence-electron chi connectivity index (χ3n) is 4.15. The Hall–Kier alpha value is -2.50. The zero-order chi connectivity index (χ0) is 22.5. The molecule has 3 N–H and O–H groups in total. The Labute approximate surface area is 176 Å². The van der Waals surface area contributed by atoms with Gasteiger partial charge in [0.15, 0.2) is 0 Å². The molecule has 164 valence electrons. The molecule has 0 unspecified atom stereocenters. The van der Waals surface area contributed by atoms with Crippen LogP contribution in [-0.2, 0) is 20.0 Å². The predicted octanol–water partition coefficient (Wildman–Crippen LogP) is 2.84. The number of rotatable bonds is 9. The van der Waals surface area contributed by atoms with Gasteiger partial charge in [-0.05, 0) is 49.2 Å². The molecule has 0 aromatic heterocycles. The summed E-state index contributed by atoms with van der Waals surface area (Å²) in [6, 6.07) is 7.53. The molecule has 0 saturated carbocycles. The number of amides is 1. The summed E-state index contributed by atoms with van der Waals surface area (Å²) in [6.45, 7) is 5.07. The highest BCUT2D eigenvalue weighted by Crippen LogP contribution is 2.25. The molecule has 0 radical (unpaired) electrons. The van der Waals surface area contributed by atoms with Gasteiger partial charge in [0.05, 0.1) is 21.9 Å². The lowest BCUT2D eigenvalue weighted by Gasteiger charge is -2.15. The molecule has 0 spiro atoms. The molecule has 2 aromatic rings. The van der Waals surface area contributed by atoms with E-state index in [1.54, 1.807) is 26.8 Å². The molecular formula is C19H24FN3O5S2. The zero-order valence-corrected chi connectivity index (χ0v) is 18.5. The minimum absolute atomic E-state index is 0.0543. The maximum absolute atomic E-state index is 14.2. The third-order valence-corrected chi connectivity index (χ3v) is 7.17. The van der Waals surface area contributed by atoms with Crippen molar-refractivity contribution >= 4 is 37.3 Å². The number of carbonyl (C=O) groups excluding carboxylic acids is 1. The van der Waals surface area contributed by atoms with Crippen LogP contribution in [0.25, 0.3) is 0 Å². The van der Waals surface area contributed by atoms with Crippen molar-refractivity contribution in [2.45, 2.75) is 32.1 Å². The van der Waals surface area contributed by atoms with Crippen LogP contribution in [0.3, 0.4) is 0 Å². The van der Waals surface area contributed by atoms with Gasteiger partial charge in [-0.25, -0.2) is 25.9 Å². The van der Waals surface area contributed by atoms with Gasteiger partial charge in [-0.3, -0.25) is 9.52 Å². The van der Waals surface area contributed by atoms with E-state index in [1.807, 2.05) is 0 Å². The van der Waals surface area contributed by atoms with Crippen molar-refractivity contribution in [3.63, 3.8) is 0 Å². The molecule has 30 heavy (non-hydrogen) atoms. The summed E-state index contributed by atoms with van der Waals surface area (Å²) in [4.78, 5) is 12.4. The number of benzene rings is 2. The molecule has 0 aliphatic carbocycles. The van der Waals surface area contributed by atoms with Gasteiger partial charge in [-0.2, -0.15) is 0 Å². The van der Waals surface area contributed by atoms with E-state index >= 15 is 0 Å². The molecule has 0 bridgehead atoms. The summed E-state index contributed by atoms with van der Waals surface area (Å²) in [6.07, 6.45) is 0.441. The molecule has 0 aliphatic rings. The number of nitrogens with one attached hydrogen (secondary N) is 3. The molecule has 0 atom stereocenters. The average Bonchev–Trinajstić information content (AvgIpc) is 2.64. The summed E-state index contributed by atoms with van der Waals surface area (Å²) in [5.74, 6) is -1.81. The SMILES string of the molecule is CCCS(=O)(=O)Nc1cccc(NC(=O)c2cc(S(=O)(=O)NCC)ccc2F)c1C. The fraction of sp³-hybridized carbons (Fsp3) is 0.316. The molecule has 2 aromatic carbocycles. The van der Waals surface area contributed by atoms with Crippen molar-refractivity contribution in [3.05, 3.63) is 53.3 Å². The number of sulfonamides is 2. The maximum atomic E-state index is 14.2. The summed E-state index contributed by atoms with van der Waals surface area (Å²) in [5, 5.41) is 2.51. The summed E-state index contributed by atoms with van der Waals surface area (Å²) < 4.78 is 67.3. The molecule has 1 amide bonds. The van der Waals surface area contributed by atoms with E-state index in [9.17, 15) is 26.0 Å². The van der Waals surface area contributed by atoms with Crippen LogP contribution in [0, 0.1) is 12.7 Å². The van der Waals surface area contributed by atoms with Crippen molar-refractivity contribution in [3.8, 4) is 0 Å². The number of halogens is 1. The Balaban J connectivity index is 2.34. The first-order valence-electron chi connectivity index (χ1n) is 9.21. The van der Waals surface area contributed by atoms with Crippen LogP contribution in [-0.4, -0.2) is 35.0 Å². The van der Waals surface area contributed by atoms with Gasteiger partial charge in [0.1, 0.15) is 5.82 Å². The van der Waals surface area contributed by atoms with Gasteiger partial charge in [-0.15, -0.1) is 0 Å². The molecular weight excluding hydrogens is 433 g/mol. The smallest absolute Gasteiger partial charge is 0.258 e. The first-order chi connectivity index (χ1) is 14.0. The van der Waals surface area contributed by atoms with Crippen LogP contribution in [0.2, 0.25) is 0 Å². The fourth-order valence-electron chi connectivity index (χ4n) is 2.68. The van der Waals surface area contributed by atoms with Crippen LogP contribution in [0.5, 0.6) is 0 Å². The van der Waals surface area contributed by atoms with E-state index in [1.165, 1.54) is 12.1 Å². The second-order valence-corrected chi connectivity index (χ2v) is 10.1. The van der Waals surface area contributed by atoms with Crippen LogP contribution < -0.4 is 14.8 Å². The van der Waals surface area contributed by atoms with Crippen molar-refractivity contribution in [1.29, 1.82) is 0 Å². The molecule has 0 heterocycles. The lowest BCUT2D eigenvalue weighted by molar-refractivity contribution is 0.102. The number of hydrogen-bond acceptors (Lipinski definition) is 5. The highest BCUT2D eigenvalue weighted by molar-refractivity contribution is 7.92. The summed E-state index contributed by atoms with van der Waals surface area (Å²) >= 11 is 0. The maximum Gasteiger partial charge on any atom is 0.258 e. The Morgan fingerprint density at radius 2 is 1.70 bits per heavy atom. The fourth-order valence-corrected chi connectivity index (χ4v) is 4.94. The number of anilines is 2. The first-order valence-corrected chi connectivity index (χ1v) is 12.3. The summed E-state index contributed by atoms with van der Waals surface area (Å²) in [7, 11) is -7.41. The molecule has 0 fully saturated rings. The predicted molar refractivity (Wildman–Crippen MR) is 114 cm³/mol. The van der Waals surface area contributed by atoms with Gasteiger partial charge in [0.2, 0.25) is 20.0 Å². The van der Waals surface area contributed by atoms with E-state index < -0.39 is 37.3 Å². The van der Waals surface area contributed by atoms with Gasteiger partial charge in [-0.1, -0.05) is 19.9 Å². The van der Waals surface area contributed by atoms with E-state index in [4.69, 9.17) is 0 Å². The van der Waals surface area contributed by atoms with Crippen molar-refractivity contribution < 1.29 is 26.0 Å². The molecule has 0 saturated heterocycles. The molecule has 0 aliphatic heterocycles. The van der Waals surface area contributed by atoms with Crippen LogP contribution in [0.4, 0.5) is 15.8 Å². The second kappa shape index (κ2) is 9.54. The van der Waals surface area contributed by atoms with Gasteiger partial charge >= 0.3 is 0 Å². The molecule has 2 rings (SSSR count). The van der Waals surface area contributed by atoms with Crippen LogP contribution >= 0.6 is 0 Å². The van der Waals surface area contributed by atoms with Crippen molar-refractivity contribution in [1.82, 2.24) is 4.72 Å². The largest absolute Gasteiger partial charge is 0.322 e. The summed E-state index contributed by atoms with van der Waals surface area (Å²) in [5.41, 5.74) is 0.522. The van der Waals surface area contributed by atoms with Crippen molar-refractivity contribution in [2.75, 3.05) is 22.3 Å². The van der Waals surface area contributed by atoms with E-state index in [0.717, 1.165) is 18.2 Å². The van der Waals surface area contributed by atoms with E-state index in [0.29, 0.717) is 12.0 Å². The minimum atomic E-state index is -3.87. The lowest BCUT2D eigenvalue weighted by atomic mass is 10.1. The number of carbonyl (C=O) groups is 1. The Kier molecular flexibility index (Phi) is 7.56.